The third-order valence-electron chi connectivity index (χ3n) is 4.32. The predicted octanol–water partition coefficient (Wildman–Crippen LogP) is 6.40. The van der Waals surface area contributed by atoms with Crippen LogP contribution in [-0.2, 0) is 14.3 Å². The van der Waals surface area contributed by atoms with Crippen molar-refractivity contribution in [3.63, 3.8) is 0 Å². The van der Waals surface area contributed by atoms with Crippen molar-refractivity contribution < 1.29 is 14.3 Å². The molecule has 0 aromatic heterocycles. The molecule has 0 aromatic carbocycles. The minimum absolute atomic E-state index is 0.0809. The van der Waals surface area contributed by atoms with Crippen LogP contribution in [0.25, 0.3) is 0 Å². The Kier molecular flexibility index (Phi) is 19.0. The van der Waals surface area contributed by atoms with Crippen molar-refractivity contribution in [1.29, 1.82) is 0 Å². The van der Waals surface area contributed by atoms with Crippen LogP contribution < -0.4 is 0 Å². The van der Waals surface area contributed by atoms with Crippen LogP contribution in [0.3, 0.4) is 0 Å². The zero-order valence-electron chi connectivity index (χ0n) is 15.7. The highest BCUT2D eigenvalue weighted by Crippen LogP contribution is 2.13. The Balaban J connectivity index is 3.04. The van der Waals surface area contributed by atoms with Crippen LogP contribution >= 0.6 is 0 Å². The highest BCUT2D eigenvalue weighted by atomic mass is 16.7. The van der Waals surface area contributed by atoms with Gasteiger partial charge >= 0.3 is 5.97 Å². The van der Waals surface area contributed by atoms with E-state index in [1.165, 1.54) is 90.6 Å². The zero-order chi connectivity index (χ0) is 17.0. The van der Waals surface area contributed by atoms with Crippen LogP contribution in [0, 0.1) is 0 Å². The van der Waals surface area contributed by atoms with Gasteiger partial charge in [-0.3, -0.25) is 4.79 Å². The lowest BCUT2D eigenvalue weighted by molar-refractivity contribution is -0.154. The van der Waals surface area contributed by atoms with Gasteiger partial charge in [0.1, 0.15) is 0 Å². The summed E-state index contributed by atoms with van der Waals surface area (Å²) in [5.74, 6) is -0.137. The minimum atomic E-state index is -0.137. The first-order valence-electron chi connectivity index (χ1n) is 9.95. The second-order valence-electron chi connectivity index (χ2n) is 6.62. The van der Waals surface area contributed by atoms with Crippen molar-refractivity contribution in [2.75, 3.05) is 13.9 Å². The SMILES string of the molecule is CCCCCCCCCCCCCCCCCC(=O)OCOC. The van der Waals surface area contributed by atoms with Crippen molar-refractivity contribution in [3.8, 4) is 0 Å². The summed E-state index contributed by atoms with van der Waals surface area (Å²) in [7, 11) is 1.53. The lowest BCUT2D eigenvalue weighted by atomic mass is 10.0. The average Bonchev–Trinajstić information content (AvgIpc) is 2.56. The topological polar surface area (TPSA) is 35.5 Å². The van der Waals surface area contributed by atoms with Gasteiger partial charge in [-0.2, -0.15) is 0 Å². The van der Waals surface area contributed by atoms with Gasteiger partial charge in [-0.1, -0.05) is 96.8 Å². The van der Waals surface area contributed by atoms with E-state index in [9.17, 15) is 4.79 Å². The molecule has 0 fully saturated rings. The van der Waals surface area contributed by atoms with E-state index < -0.39 is 0 Å². The van der Waals surface area contributed by atoms with Crippen LogP contribution in [0.15, 0.2) is 0 Å². The molecule has 0 rings (SSSR count). The van der Waals surface area contributed by atoms with Gasteiger partial charge in [-0.05, 0) is 6.42 Å². The summed E-state index contributed by atoms with van der Waals surface area (Å²) in [6, 6.07) is 0. The number of carbonyl (C=O) groups excluding carboxylic acids is 1. The maximum Gasteiger partial charge on any atom is 0.307 e. The molecule has 0 N–H and O–H groups in total. The summed E-state index contributed by atoms with van der Waals surface area (Å²) in [4.78, 5) is 11.2. The van der Waals surface area contributed by atoms with Gasteiger partial charge in [0.15, 0.2) is 6.79 Å². The number of esters is 1. The van der Waals surface area contributed by atoms with Crippen LogP contribution in [0.1, 0.15) is 110 Å². The van der Waals surface area contributed by atoms with E-state index >= 15 is 0 Å². The molecule has 0 heterocycles. The molecular weight excluding hydrogens is 288 g/mol. The minimum Gasteiger partial charge on any atom is -0.438 e. The fraction of sp³-hybridized carbons (Fsp3) is 0.950. The molecule has 23 heavy (non-hydrogen) atoms. The van der Waals surface area contributed by atoms with E-state index in [-0.39, 0.29) is 12.8 Å². The first-order valence-corrected chi connectivity index (χ1v) is 9.95. The monoisotopic (exact) mass is 328 g/mol. The molecular formula is C20H40O3. The van der Waals surface area contributed by atoms with E-state index in [1.807, 2.05) is 0 Å². The van der Waals surface area contributed by atoms with Gasteiger partial charge in [0.2, 0.25) is 0 Å². The molecule has 3 heteroatoms. The molecule has 0 aliphatic heterocycles. The molecule has 138 valence electrons. The van der Waals surface area contributed by atoms with Gasteiger partial charge in [0, 0.05) is 13.5 Å². The van der Waals surface area contributed by atoms with E-state index in [2.05, 4.69) is 6.92 Å². The second kappa shape index (κ2) is 19.5. The zero-order valence-corrected chi connectivity index (χ0v) is 15.7. The van der Waals surface area contributed by atoms with E-state index in [0.29, 0.717) is 6.42 Å². The molecule has 0 unspecified atom stereocenters. The first kappa shape index (κ1) is 22.4. The summed E-state index contributed by atoms with van der Waals surface area (Å²) >= 11 is 0. The molecule has 0 atom stereocenters. The van der Waals surface area contributed by atoms with Gasteiger partial charge in [0.05, 0.1) is 0 Å². The standard InChI is InChI=1S/C20H40O3/c1-3-4-5-6-7-8-9-10-11-12-13-14-15-16-17-18-20(21)23-19-22-2/h3-19H2,1-2H3. The lowest BCUT2D eigenvalue weighted by Gasteiger charge is -2.04. The Morgan fingerprint density at radius 1 is 0.652 bits per heavy atom. The second-order valence-corrected chi connectivity index (χ2v) is 6.62. The van der Waals surface area contributed by atoms with Gasteiger partial charge in [-0.25, -0.2) is 0 Å². The largest absolute Gasteiger partial charge is 0.438 e. The Bertz CT molecular complexity index is 241. The molecule has 0 aliphatic carbocycles. The van der Waals surface area contributed by atoms with Crippen molar-refractivity contribution in [2.45, 2.75) is 110 Å². The molecule has 0 amide bonds. The number of methoxy groups -OCH3 is 1. The third kappa shape index (κ3) is 19.4. The van der Waals surface area contributed by atoms with Crippen molar-refractivity contribution >= 4 is 5.97 Å². The molecule has 0 saturated heterocycles. The summed E-state index contributed by atoms with van der Waals surface area (Å²) in [6.07, 6.45) is 20.6. The predicted molar refractivity (Wildman–Crippen MR) is 97.5 cm³/mol. The first-order chi connectivity index (χ1) is 11.3. The number of hydrogen-bond acceptors (Lipinski definition) is 3. The van der Waals surface area contributed by atoms with Crippen LogP contribution in [0.2, 0.25) is 0 Å². The Hall–Kier alpha value is -0.570. The molecule has 0 radical (unpaired) electrons. The van der Waals surface area contributed by atoms with Crippen LogP contribution in [0.5, 0.6) is 0 Å². The normalized spacial score (nSPS) is 10.9. The molecule has 3 nitrogen and oxygen atoms in total. The smallest absolute Gasteiger partial charge is 0.307 e. The highest BCUT2D eigenvalue weighted by Gasteiger charge is 2.01. The summed E-state index contributed by atoms with van der Waals surface area (Å²) < 4.78 is 9.55. The number of hydrogen-bond donors (Lipinski definition) is 0. The van der Waals surface area contributed by atoms with Crippen LogP contribution in [0.4, 0.5) is 0 Å². The number of ether oxygens (including phenoxy) is 2. The van der Waals surface area contributed by atoms with Crippen LogP contribution in [-0.4, -0.2) is 19.9 Å². The lowest BCUT2D eigenvalue weighted by Crippen LogP contribution is -2.06. The van der Waals surface area contributed by atoms with E-state index in [4.69, 9.17) is 9.47 Å². The fourth-order valence-corrected chi connectivity index (χ4v) is 2.84. The van der Waals surface area contributed by atoms with Gasteiger partial charge in [0.25, 0.3) is 0 Å². The van der Waals surface area contributed by atoms with Gasteiger partial charge in [-0.15, -0.1) is 0 Å². The van der Waals surface area contributed by atoms with Crippen molar-refractivity contribution in [1.82, 2.24) is 0 Å². The highest BCUT2D eigenvalue weighted by molar-refractivity contribution is 5.69. The van der Waals surface area contributed by atoms with Crippen molar-refractivity contribution in [2.24, 2.45) is 0 Å². The Morgan fingerprint density at radius 3 is 1.43 bits per heavy atom. The molecule has 0 aromatic rings. The maximum absolute atomic E-state index is 11.2. The summed E-state index contributed by atoms with van der Waals surface area (Å²) in [6.45, 7) is 2.36. The average molecular weight is 329 g/mol. The fourth-order valence-electron chi connectivity index (χ4n) is 2.84. The number of unbranched alkanes of at least 4 members (excludes halogenated alkanes) is 14. The summed E-state index contributed by atoms with van der Waals surface area (Å²) in [5, 5.41) is 0. The number of carbonyl (C=O) groups is 1. The Labute approximate surface area is 144 Å². The molecule has 0 spiro atoms. The number of rotatable bonds is 18. The quantitative estimate of drug-likeness (QED) is 0.166. The summed E-state index contributed by atoms with van der Waals surface area (Å²) in [5.41, 5.74) is 0. The Morgan fingerprint density at radius 2 is 1.04 bits per heavy atom. The van der Waals surface area contributed by atoms with Crippen molar-refractivity contribution in [3.05, 3.63) is 0 Å². The maximum atomic E-state index is 11.2. The van der Waals surface area contributed by atoms with E-state index in [1.54, 1.807) is 0 Å². The van der Waals surface area contributed by atoms with Gasteiger partial charge < -0.3 is 9.47 Å². The third-order valence-corrected chi connectivity index (χ3v) is 4.32. The molecule has 0 bridgehead atoms. The van der Waals surface area contributed by atoms with E-state index in [0.717, 1.165) is 12.8 Å². The molecule has 0 aliphatic rings. The molecule has 0 saturated carbocycles.